The molecule has 0 heterocycles. The lowest BCUT2D eigenvalue weighted by molar-refractivity contribution is 0.0452. The third-order valence-electron chi connectivity index (χ3n) is 2.18. The Hall–Kier alpha value is -1.28. The van der Waals surface area contributed by atoms with Crippen LogP contribution in [0, 0.1) is 0 Å². The first kappa shape index (κ1) is 15.7. The molecule has 0 spiro atoms. The molecule has 0 aromatic carbocycles. The van der Waals surface area contributed by atoms with Crippen molar-refractivity contribution in [2.75, 3.05) is 0 Å². The van der Waals surface area contributed by atoms with Gasteiger partial charge in [-0.3, -0.25) is 0 Å². The zero-order valence-corrected chi connectivity index (χ0v) is 11.1. The van der Waals surface area contributed by atoms with Crippen LogP contribution in [-0.4, -0.2) is 16.8 Å². The van der Waals surface area contributed by atoms with Crippen molar-refractivity contribution < 1.29 is 9.84 Å². The second kappa shape index (κ2) is 7.91. The Morgan fingerprint density at radius 3 is 2.47 bits per heavy atom. The summed E-state index contributed by atoms with van der Waals surface area (Å²) in [4.78, 5) is 0. The third-order valence-corrected chi connectivity index (χ3v) is 2.18. The van der Waals surface area contributed by atoms with Crippen LogP contribution in [-0.2, 0) is 4.74 Å². The van der Waals surface area contributed by atoms with E-state index in [1.165, 1.54) is 0 Å². The van der Waals surface area contributed by atoms with E-state index in [-0.39, 0.29) is 6.10 Å². The van der Waals surface area contributed by atoms with Crippen molar-refractivity contribution in [1.29, 1.82) is 0 Å². The van der Waals surface area contributed by atoms with Crippen molar-refractivity contribution in [2.45, 2.75) is 45.3 Å². The molecule has 17 heavy (non-hydrogen) atoms. The van der Waals surface area contributed by atoms with Crippen LogP contribution in [0.3, 0.4) is 0 Å². The molecule has 0 aromatic heterocycles. The maximum atomic E-state index is 9.63. The van der Waals surface area contributed by atoms with Gasteiger partial charge in [-0.05, 0) is 45.8 Å². The van der Waals surface area contributed by atoms with Crippen LogP contribution in [0.2, 0.25) is 0 Å². The van der Waals surface area contributed by atoms with Crippen LogP contribution >= 0.6 is 0 Å². The average molecular weight is 236 g/mol. The number of aliphatic hydroxyl groups is 1. The molecule has 0 aromatic rings. The summed E-state index contributed by atoms with van der Waals surface area (Å²) in [6.45, 7) is 12.9. The van der Waals surface area contributed by atoms with Gasteiger partial charge in [-0.1, -0.05) is 31.4 Å². The SMILES string of the molecule is C=C/C=C\C(=C/C=C)OC(C)CCC(C)(C)O. The highest BCUT2D eigenvalue weighted by Crippen LogP contribution is 2.16. The minimum absolute atomic E-state index is 0.0575. The van der Waals surface area contributed by atoms with E-state index >= 15 is 0 Å². The van der Waals surface area contributed by atoms with E-state index in [0.29, 0.717) is 6.42 Å². The van der Waals surface area contributed by atoms with Crippen molar-refractivity contribution in [3.63, 3.8) is 0 Å². The van der Waals surface area contributed by atoms with Crippen LogP contribution in [0.5, 0.6) is 0 Å². The van der Waals surface area contributed by atoms with Gasteiger partial charge in [0.1, 0.15) is 5.76 Å². The van der Waals surface area contributed by atoms with E-state index in [1.54, 1.807) is 32.1 Å². The first-order chi connectivity index (χ1) is 7.89. The number of allylic oxidation sites excluding steroid dienone is 5. The predicted molar refractivity (Wildman–Crippen MR) is 73.7 cm³/mol. The van der Waals surface area contributed by atoms with E-state index in [4.69, 9.17) is 4.74 Å². The molecule has 96 valence electrons. The summed E-state index contributed by atoms with van der Waals surface area (Å²) in [7, 11) is 0. The van der Waals surface area contributed by atoms with Gasteiger partial charge in [0.25, 0.3) is 0 Å². The fourth-order valence-corrected chi connectivity index (χ4v) is 1.26. The normalized spacial score (nSPS) is 14.7. The highest BCUT2D eigenvalue weighted by molar-refractivity contribution is 5.20. The van der Waals surface area contributed by atoms with Gasteiger partial charge in [0, 0.05) is 0 Å². The van der Waals surface area contributed by atoms with Crippen LogP contribution in [0.1, 0.15) is 33.6 Å². The van der Waals surface area contributed by atoms with Crippen LogP contribution in [0.25, 0.3) is 0 Å². The van der Waals surface area contributed by atoms with Gasteiger partial charge < -0.3 is 9.84 Å². The first-order valence-corrected chi connectivity index (χ1v) is 5.90. The smallest absolute Gasteiger partial charge is 0.119 e. The summed E-state index contributed by atoms with van der Waals surface area (Å²) in [6.07, 6.45) is 10.4. The zero-order valence-electron chi connectivity index (χ0n) is 11.1. The monoisotopic (exact) mass is 236 g/mol. The Morgan fingerprint density at radius 2 is 2.00 bits per heavy atom. The molecular weight excluding hydrogens is 212 g/mol. The number of ether oxygens (including phenoxy) is 1. The van der Waals surface area contributed by atoms with Crippen LogP contribution < -0.4 is 0 Å². The van der Waals surface area contributed by atoms with Crippen molar-refractivity contribution in [2.24, 2.45) is 0 Å². The Labute approximate surface area is 105 Å². The molecule has 0 saturated carbocycles. The fraction of sp³-hybridized carbons (Fsp3) is 0.467. The van der Waals surface area contributed by atoms with E-state index in [1.807, 2.05) is 19.1 Å². The number of hydrogen-bond donors (Lipinski definition) is 1. The molecule has 0 radical (unpaired) electrons. The summed E-state index contributed by atoms with van der Waals surface area (Å²) in [5, 5.41) is 9.63. The Balaban J connectivity index is 4.27. The maximum Gasteiger partial charge on any atom is 0.119 e. The number of rotatable bonds is 8. The lowest BCUT2D eigenvalue weighted by Crippen LogP contribution is -2.21. The molecule has 1 N–H and O–H groups in total. The first-order valence-electron chi connectivity index (χ1n) is 5.90. The summed E-state index contributed by atoms with van der Waals surface area (Å²) in [5.41, 5.74) is -0.642. The average Bonchev–Trinajstić information content (AvgIpc) is 2.22. The summed E-state index contributed by atoms with van der Waals surface area (Å²) >= 11 is 0. The van der Waals surface area contributed by atoms with E-state index in [0.717, 1.165) is 12.2 Å². The molecule has 1 atom stereocenters. The lowest BCUT2D eigenvalue weighted by Gasteiger charge is -2.21. The maximum absolute atomic E-state index is 9.63. The van der Waals surface area contributed by atoms with Gasteiger partial charge in [-0.15, -0.1) is 0 Å². The van der Waals surface area contributed by atoms with E-state index in [9.17, 15) is 5.11 Å². The number of hydrogen-bond acceptors (Lipinski definition) is 2. The van der Waals surface area contributed by atoms with Crippen LogP contribution in [0.4, 0.5) is 0 Å². The summed E-state index contributed by atoms with van der Waals surface area (Å²) in [5.74, 6) is 0.753. The third kappa shape index (κ3) is 9.64. The van der Waals surface area contributed by atoms with Crippen molar-refractivity contribution in [1.82, 2.24) is 0 Å². The molecule has 1 unspecified atom stereocenters. The minimum atomic E-state index is -0.642. The Bertz CT molecular complexity index is 293. The quantitative estimate of drug-likeness (QED) is 0.513. The topological polar surface area (TPSA) is 29.5 Å². The largest absolute Gasteiger partial charge is 0.491 e. The fourth-order valence-electron chi connectivity index (χ4n) is 1.26. The van der Waals surface area contributed by atoms with Gasteiger partial charge in [0.15, 0.2) is 0 Å². The van der Waals surface area contributed by atoms with Gasteiger partial charge in [0.05, 0.1) is 11.7 Å². The second-order valence-electron chi connectivity index (χ2n) is 4.68. The highest BCUT2D eigenvalue weighted by atomic mass is 16.5. The van der Waals surface area contributed by atoms with Crippen molar-refractivity contribution in [3.05, 3.63) is 49.3 Å². The molecule has 0 fully saturated rings. The molecular formula is C15H24O2. The molecule has 0 bridgehead atoms. The molecule has 0 aliphatic heterocycles. The molecule has 2 heteroatoms. The van der Waals surface area contributed by atoms with E-state index in [2.05, 4.69) is 13.2 Å². The molecule has 0 saturated heterocycles. The standard InChI is InChI=1S/C15H24O2/c1-6-8-10-14(9-7-2)17-13(3)11-12-15(4,5)16/h6-10,13,16H,1-2,11-12H2,3-5H3/b10-8-,14-9+. The summed E-state index contributed by atoms with van der Waals surface area (Å²) < 4.78 is 5.73. The van der Waals surface area contributed by atoms with Crippen molar-refractivity contribution in [3.8, 4) is 0 Å². The lowest BCUT2D eigenvalue weighted by atomic mass is 10.0. The second-order valence-corrected chi connectivity index (χ2v) is 4.68. The Morgan fingerprint density at radius 1 is 1.35 bits per heavy atom. The summed E-state index contributed by atoms with van der Waals surface area (Å²) in [6, 6.07) is 0. The van der Waals surface area contributed by atoms with Gasteiger partial charge in [-0.2, -0.15) is 0 Å². The van der Waals surface area contributed by atoms with Crippen molar-refractivity contribution >= 4 is 0 Å². The molecule has 0 rings (SSSR count). The van der Waals surface area contributed by atoms with Gasteiger partial charge >= 0.3 is 0 Å². The van der Waals surface area contributed by atoms with Gasteiger partial charge in [-0.25, -0.2) is 0 Å². The molecule has 2 nitrogen and oxygen atoms in total. The van der Waals surface area contributed by atoms with Gasteiger partial charge in [0.2, 0.25) is 0 Å². The molecule has 0 aliphatic rings. The predicted octanol–water partition coefficient (Wildman–Crippen LogP) is 3.75. The molecule has 0 aliphatic carbocycles. The highest BCUT2D eigenvalue weighted by Gasteiger charge is 2.15. The van der Waals surface area contributed by atoms with Crippen LogP contribution in [0.15, 0.2) is 49.3 Å². The minimum Gasteiger partial charge on any atom is -0.491 e. The molecule has 0 amide bonds. The Kier molecular flexibility index (Phi) is 7.31. The zero-order chi connectivity index (χ0) is 13.3. The van der Waals surface area contributed by atoms with E-state index < -0.39 is 5.60 Å².